The molecule has 0 spiro atoms. The molecule has 1 saturated heterocycles. The molecule has 0 unspecified atom stereocenters. The normalized spacial score (nSPS) is 20.9. The van der Waals surface area contributed by atoms with Gasteiger partial charge in [-0.2, -0.15) is 0 Å². The van der Waals surface area contributed by atoms with Crippen LogP contribution >= 0.6 is 0 Å². The molecule has 1 heterocycles. The van der Waals surface area contributed by atoms with Crippen LogP contribution in [0.4, 0.5) is 0 Å². The maximum Gasteiger partial charge on any atom is 0.236 e. The lowest BCUT2D eigenvalue weighted by molar-refractivity contribution is -0.133. The predicted molar refractivity (Wildman–Crippen MR) is 58.1 cm³/mol. The van der Waals surface area contributed by atoms with E-state index in [9.17, 15) is 4.79 Å². The van der Waals surface area contributed by atoms with Crippen LogP contribution in [0.15, 0.2) is 0 Å². The molecule has 3 heteroatoms. The highest BCUT2D eigenvalue weighted by Gasteiger charge is 2.28. The maximum atomic E-state index is 11.7. The number of hydrogen-bond donors (Lipinski definition) is 1. The number of carbonyl (C=O) groups is 1. The molecule has 0 radical (unpaired) electrons. The third-order valence-corrected chi connectivity index (χ3v) is 2.78. The Hall–Kier alpha value is -0.570. The molecule has 1 aliphatic rings. The second-order valence-electron chi connectivity index (χ2n) is 4.86. The van der Waals surface area contributed by atoms with E-state index in [-0.39, 0.29) is 5.91 Å². The van der Waals surface area contributed by atoms with Gasteiger partial charge in [-0.3, -0.25) is 4.79 Å². The molecule has 3 nitrogen and oxygen atoms in total. The van der Waals surface area contributed by atoms with E-state index in [2.05, 4.69) is 19.2 Å². The fourth-order valence-electron chi connectivity index (χ4n) is 1.98. The minimum atomic E-state index is 0.250. The van der Waals surface area contributed by atoms with Gasteiger partial charge in [0.25, 0.3) is 0 Å². The molecule has 14 heavy (non-hydrogen) atoms. The zero-order valence-electron chi connectivity index (χ0n) is 9.60. The van der Waals surface area contributed by atoms with Crippen LogP contribution < -0.4 is 5.32 Å². The van der Waals surface area contributed by atoms with Gasteiger partial charge in [0.15, 0.2) is 0 Å². The van der Waals surface area contributed by atoms with Gasteiger partial charge in [0.2, 0.25) is 5.91 Å². The highest BCUT2D eigenvalue weighted by Crippen LogP contribution is 2.28. The van der Waals surface area contributed by atoms with Crippen molar-refractivity contribution in [3.63, 3.8) is 0 Å². The highest BCUT2D eigenvalue weighted by molar-refractivity contribution is 5.78. The summed E-state index contributed by atoms with van der Waals surface area (Å²) < 4.78 is 0. The Labute approximate surface area is 86.9 Å². The van der Waals surface area contributed by atoms with Crippen molar-refractivity contribution in [2.45, 2.75) is 33.6 Å². The van der Waals surface area contributed by atoms with E-state index in [0.717, 1.165) is 26.1 Å². The minimum absolute atomic E-state index is 0.250. The third kappa shape index (κ3) is 3.29. The fraction of sp³-hybridized carbons (Fsp3) is 0.909. The molecule has 1 amide bonds. The largest absolute Gasteiger partial charge is 0.341 e. The number of hydrogen-bond acceptors (Lipinski definition) is 2. The molecule has 0 aromatic rings. The first-order valence-electron chi connectivity index (χ1n) is 5.54. The number of piperidine rings is 1. The number of rotatable bonds is 3. The van der Waals surface area contributed by atoms with Gasteiger partial charge in [0.1, 0.15) is 0 Å². The van der Waals surface area contributed by atoms with Crippen molar-refractivity contribution in [2.75, 3.05) is 26.2 Å². The summed E-state index contributed by atoms with van der Waals surface area (Å²) in [4.78, 5) is 13.7. The molecule has 0 bridgehead atoms. The first-order valence-corrected chi connectivity index (χ1v) is 5.54. The fourth-order valence-corrected chi connectivity index (χ4v) is 1.98. The van der Waals surface area contributed by atoms with E-state index in [4.69, 9.17) is 0 Å². The summed E-state index contributed by atoms with van der Waals surface area (Å²) >= 11 is 0. The molecular formula is C11H22N2O. The smallest absolute Gasteiger partial charge is 0.236 e. The summed E-state index contributed by atoms with van der Waals surface area (Å²) in [6.45, 7) is 9.70. The average molecular weight is 198 g/mol. The second kappa shape index (κ2) is 4.78. The molecule has 1 aliphatic heterocycles. The SMILES string of the molecule is CCNCC(=O)N1CCCC(C)(C)C1. The topological polar surface area (TPSA) is 32.3 Å². The number of likely N-dealkylation sites (tertiary alicyclic amines) is 1. The van der Waals surface area contributed by atoms with E-state index in [1.54, 1.807) is 0 Å². The van der Waals surface area contributed by atoms with E-state index in [1.807, 2.05) is 11.8 Å². The van der Waals surface area contributed by atoms with Crippen LogP contribution in [0, 0.1) is 5.41 Å². The van der Waals surface area contributed by atoms with Crippen molar-refractivity contribution >= 4 is 5.91 Å². The van der Waals surface area contributed by atoms with Gasteiger partial charge in [-0.25, -0.2) is 0 Å². The number of nitrogens with zero attached hydrogens (tertiary/aromatic N) is 1. The summed E-state index contributed by atoms with van der Waals surface area (Å²) in [5.74, 6) is 0.250. The zero-order chi connectivity index (χ0) is 10.6. The average Bonchev–Trinajstić information content (AvgIpc) is 2.12. The number of nitrogens with one attached hydrogen (secondary N) is 1. The molecule has 1 rings (SSSR count). The van der Waals surface area contributed by atoms with Crippen molar-refractivity contribution in [1.82, 2.24) is 10.2 Å². The number of likely N-dealkylation sites (N-methyl/N-ethyl adjacent to an activating group) is 1. The standard InChI is InChI=1S/C11H22N2O/c1-4-12-8-10(14)13-7-5-6-11(2,3)9-13/h12H,4-9H2,1-3H3. The van der Waals surface area contributed by atoms with Crippen LogP contribution in [0.25, 0.3) is 0 Å². The molecule has 0 aromatic heterocycles. The highest BCUT2D eigenvalue weighted by atomic mass is 16.2. The third-order valence-electron chi connectivity index (χ3n) is 2.78. The maximum absolute atomic E-state index is 11.7. The van der Waals surface area contributed by atoms with E-state index in [1.165, 1.54) is 6.42 Å². The van der Waals surface area contributed by atoms with Gasteiger partial charge in [-0.05, 0) is 24.8 Å². The Bertz CT molecular complexity index is 201. The van der Waals surface area contributed by atoms with Crippen LogP contribution in [0.1, 0.15) is 33.6 Å². The molecule has 1 fully saturated rings. The summed E-state index contributed by atoms with van der Waals surface area (Å²) in [5, 5.41) is 3.08. The minimum Gasteiger partial charge on any atom is -0.341 e. The number of carbonyl (C=O) groups excluding carboxylic acids is 1. The van der Waals surface area contributed by atoms with E-state index in [0.29, 0.717) is 12.0 Å². The molecule has 0 saturated carbocycles. The monoisotopic (exact) mass is 198 g/mol. The Morgan fingerprint density at radius 2 is 2.21 bits per heavy atom. The lowest BCUT2D eigenvalue weighted by Crippen LogP contribution is -2.46. The van der Waals surface area contributed by atoms with E-state index >= 15 is 0 Å². The Balaban J connectivity index is 2.40. The first kappa shape index (κ1) is 11.5. The van der Waals surface area contributed by atoms with Crippen molar-refractivity contribution in [3.05, 3.63) is 0 Å². The van der Waals surface area contributed by atoms with Crippen LogP contribution in [-0.2, 0) is 4.79 Å². The molecule has 0 atom stereocenters. The molecule has 82 valence electrons. The molecule has 1 N–H and O–H groups in total. The van der Waals surface area contributed by atoms with Gasteiger partial charge >= 0.3 is 0 Å². The quantitative estimate of drug-likeness (QED) is 0.740. The summed E-state index contributed by atoms with van der Waals surface area (Å²) in [6, 6.07) is 0. The van der Waals surface area contributed by atoms with Gasteiger partial charge in [0, 0.05) is 13.1 Å². The molecule has 0 aliphatic carbocycles. The predicted octanol–water partition coefficient (Wildman–Crippen LogP) is 1.24. The Morgan fingerprint density at radius 1 is 1.50 bits per heavy atom. The van der Waals surface area contributed by atoms with Gasteiger partial charge in [-0.15, -0.1) is 0 Å². The first-order chi connectivity index (χ1) is 6.55. The van der Waals surface area contributed by atoms with Crippen molar-refractivity contribution < 1.29 is 4.79 Å². The van der Waals surface area contributed by atoms with Crippen LogP contribution in [0.2, 0.25) is 0 Å². The van der Waals surface area contributed by atoms with Gasteiger partial charge in [-0.1, -0.05) is 20.8 Å². The van der Waals surface area contributed by atoms with Crippen LogP contribution in [-0.4, -0.2) is 37.0 Å². The van der Waals surface area contributed by atoms with Gasteiger partial charge in [0.05, 0.1) is 6.54 Å². The Morgan fingerprint density at radius 3 is 2.79 bits per heavy atom. The van der Waals surface area contributed by atoms with Crippen LogP contribution in [0.3, 0.4) is 0 Å². The lowest BCUT2D eigenvalue weighted by Gasteiger charge is -2.38. The number of amides is 1. The van der Waals surface area contributed by atoms with Crippen molar-refractivity contribution in [1.29, 1.82) is 0 Å². The molecular weight excluding hydrogens is 176 g/mol. The van der Waals surface area contributed by atoms with Crippen LogP contribution in [0.5, 0.6) is 0 Å². The van der Waals surface area contributed by atoms with Crippen molar-refractivity contribution in [2.24, 2.45) is 5.41 Å². The summed E-state index contributed by atoms with van der Waals surface area (Å²) in [6.07, 6.45) is 2.38. The molecule has 0 aromatic carbocycles. The summed E-state index contributed by atoms with van der Waals surface area (Å²) in [5.41, 5.74) is 0.306. The second-order valence-corrected chi connectivity index (χ2v) is 4.86. The van der Waals surface area contributed by atoms with Crippen molar-refractivity contribution in [3.8, 4) is 0 Å². The van der Waals surface area contributed by atoms with Gasteiger partial charge < -0.3 is 10.2 Å². The van der Waals surface area contributed by atoms with E-state index < -0.39 is 0 Å². The summed E-state index contributed by atoms with van der Waals surface area (Å²) in [7, 11) is 0. The zero-order valence-corrected chi connectivity index (χ0v) is 9.60. The Kier molecular flexibility index (Phi) is 3.93. The lowest BCUT2D eigenvalue weighted by atomic mass is 9.84.